The zero-order valence-corrected chi connectivity index (χ0v) is 17.0. The Balaban J connectivity index is 1.47. The molecule has 0 saturated carbocycles. The van der Waals surface area contributed by atoms with Gasteiger partial charge >= 0.3 is 0 Å². The van der Waals surface area contributed by atoms with Crippen molar-refractivity contribution in [3.8, 4) is 5.75 Å². The van der Waals surface area contributed by atoms with Crippen LogP contribution in [0, 0.1) is 10.6 Å². The normalized spacial score (nSPS) is 15.4. The Morgan fingerprint density at radius 1 is 1.14 bits per heavy atom. The monoisotopic (exact) mass is 414 g/mol. The first-order valence-corrected chi connectivity index (χ1v) is 10.0. The van der Waals surface area contributed by atoms with Crippen molar-refractivity contribution in [1.29, 1.82) is 0 Å². The summed E-state index contributed by atoms with van der Waals surface area (Å²) in [7, 11) is 1.66. The van der Waals surface area contributed by atoms with Gasteiger partial charge in [-0.2, -0.15) is 0 Å². The maximum atomic E-state index is 14.0. The molecule has 2 aromatic carbocycles. The summed E-state index contributed by atoms with van der Waals surface area (Å²) >= 11 is 5.10. The molecular weight excluding hydrogens is 391 g/mol. The second-order valence-electron chi connectivity index (χ2n) is 7.23. The molecule has 0 spiro atoms. The van der Waals surface area contributed by atoms with Crippen molar-refractivity contribution in [2.24, 2.45) is 0 Å². The number of aromatic amines is 2. The van der Waals surface area contributed by atoms with Gasteiger partial charge in [0.1, 0.15) is 11.6 Å². The third-order valence-electron chi connectivity index (χ3n) is 5.26. The number of methoxy groups -OCH3 is 1. The van der Waals surface area contributed by atoms with Crippen LogP contribution in [-0.2, 0) is 6.54 Å². The van der Waals surface area contributed by atoms with Crippen LogP contribution in [0.4, 0.5) is 4.39 Å². The molecule has 0 bridgehead atoms. The van der Waals surface area contributed by atoms with E-state index in [1.165, 1.54) is 17.7 Å². The number of hydrogen-bond acceptors (Lipinski definition) is 4. The van der Waals surface area contributed by atoms with Crippen molar-refractivity contribution < 1.29 is 13.9 Å². The Bertz CT molecular complexity index is 1080. The summed E-state index contributed by atoms with van der Waals surface area (Å²) in [6.07, 6.45) is 0.865. The van der Waals surface area contributed by atoms with Gasteiger partial charge in [0.15, 0.2) is 4.77 Å². The molecule has 1 aliphatic heterocycles. The van der Waals surface area contributed by atoms with E-state index in [9.17, 15) is 9.18 Å². The highest BCUT2D eigenvalue weighted by Crippen LogP contribution is 2.21. The lowest BCUT2D eigenvalue weighted by molar-refractivity contribution is 0.0762. The molecular formula is C21H23FN4O2S. The van der Waals surface area contributed by atoms with E-state index in [0.29, 0.717) is 34.5 Å². The maximum absolute atomic E-state index is 14.0. The standard InChI is InChI=1S/C21H23FN4O2S/c1-28-16-5-3-14(4-6-16)13-25-7-2-8-26(10-9-25)20(27)17-11-15(22)12-18-19(17)24-21(29)23-18/h3-6,11-12H,2,7-10,13H2,1H3,(H2,23,24,29). The molecule has 1 saturated heterocycles. The molecule has 2 heterocycles. The fraction of sp³-hybridized carbons (Fsp3) is 0.333. The van der Waals surface area contributed by atoms with Crippen molar-refractivity contribution in [3.63, 3.8) is 0 Å². The summed E-state index contributed by atoms with van der Waals surface area (Å²) in [6, 6.07) is 10.7. The summed E-state index contributed by atoms with van der Waals surface area (Å²) in [5.74, 6) is 0.208. The van der Waals surface area contributed by atoms with Crippen LogP contribution < -0.4 is 4.74 Å². The van der Waals surface area contributed by atoms with E-state index in [4.69, 9.17) is 17.0 Å². The topological polar surface area (TPSA) is 64.4 Å². The van der Waals surface area contributed by atoms with Crippen molar-refractivity contribution in [2.45, 2.75) is 13.0 Å². The smallest absolute Gasteiger partial charge is 0.256 e. The zero-order chi connectivity index (χ0) is 20.4. The van der Waals surface area contributed by atoms with Gasteiger partial charge in [-0.05, 0) is 48.5 Å². The van der Waals surface area contributed by atoms with Gasteiger partial charge in [0.2, 0.25) is 0 Å². The van der Waals surface area contributed by atoms with E-state index in [0.717, 1.165) is 31.8 Å². The Morgan fingerprint density at radius 2 is 1.93 bits per heavy atom. The van der Waals surface area contributed by atoms with Crippen LogP contribution in [0.5, 0.6) is 5.75 Å². The first-order chi connectivity index (χ1) is 14.0. The predicted octanol–water partition coefficient (Wildman–Crippen LogP) is 3.72. The number of fused-ring (bicyclic) bond motifs is 1. The van der Waals surface area contributed by atoms with E-state index in [-0.39, 0.29) is 5.91 Å². The molecule has 1 aromatic heterocycles. The van der Waals surface area contributed by atoms with Crippen LogP contribution in [0.15, 0.2) is 36.4 Å². The fourth-order valence-corrected chi connectivity index (χ4v) is 3.98. The molecule has 1 fully saturated rings. The SMILES string of the molecule is COc1ccc(CN2CCCN(C(=O)c3cc(F)cc4[nH]c(=S)[nH]c34)CC2)cc1. The first kappa shape index (κ1) is 19.6. The van der Waals surface area contributed by atoms with Crippen molar-refractivity contribution >= 4 is 29.2 Å². The van der Waals surface area contributed by atoms with Gasteiger partial charge in [0.05, 0.1) is 23.7 Å². The van der Waals surface area contributed by atoms with E-state index in [1.54, 1.807) is 12.0 Å². The maximum Gasteiger partial charge on any atom is 0.256 e. The second-order valence-corrected chi connectivity index (χ2v) is 7.63. The molecule has 152 valence electrons. The highest BCUT2D eigenvalue weighted by atomic mass is 32.1. The number of hydrogen-bond donors (Lipinski definition) is 2. The number of aromatic nitrogens is 2. The van der Waals surface area contributed by atoms with E-state index in [1.807, 2.05) is 12.1 Å². The second kappa shape index (κ2) is 8.34. The summed E-state index contributed by atoms with van der Waals surface area (Å²) in [4.78, 5) is 23.1. The average molecular weight is 415 g/mol. The molecule has 1 amide bonds. The van der Waals surface area contributed by atoms with Crippen LogP contribution in [0.1, 0.15) is 22.3 Å². The summed E-state index contributed by atoms with van der Waals surface area (Å²) in [6.45, 7) is 3.72. The number of benzene rings is 2. The zero-order valence-electron chi connectivity index (χ0n) is 16.2. The summed E-state index contributed by atoms with van der Waals surface area (Å²) in [5.41, 5.74) is 2.59. The highest BCUT2D eigenvalue weighted by molar-refractivity contribution is 7.71. The number of halogens is 1. The Hall–Kier alpha value is -2.71. The lowest BCUT2D eigenvalue weighted by atomic mass is 10.1. The molecule has 8 heteroatoms. The molecule has 0 atom stereocenters. The van der Waals surface area contributed by atoms with E-state index >= 15 is 0 Å². The third kappa shape index (κ3) is 4.33. The number of rotatable bonds is 4. The number of nitrogens with zero attached hydrogens (tertiary/aromatic N) is 2. The van der Waals surface area contributed by atoms with Crippen molar-refractivity contribution in [1.82, 2.24) is 19.8 Å². The van der Waals surface area contributed by atoms with Crippen molar-refractivity contribution in [2.75, 3.05) is 33.3 Å². The van der Waals surface area contributed by atoms with Gasteiger partial charge in [-0.1, -0.05) is 12.1 Å². The number of carbonyl (C=O) groups excluding carboxylic acids is 1. The van der Waals surface area contributed by atoms with Crippen molar-refractivity contribution in [3.05, 3.63) is 58.1 Å². The van der Waals surface area contributed by atoms with Gasteiger partial charge in [-0.25, -0.2) is 4.39 Å². The number of carbonyl (C=O) groups is 1. The molecule has 6 nitrogen and oxygen atoms in total. The van der Waals surface area contributed by atoms with Gasteiger partial charge in [-0.15, -0.1) is 0 Å². The fourth-order valence-electron chi connectivity index (χ4n) is 3.77. The number of nitrogens with one attached hydrogen (secondary N) is 2. The molecule has 0 radical (unpaired) electrons. The molecule has 0 aliphatic carbocycles. The quantitative estimate of drug-likeness (QED) is 0.639. The van der Waals surface area contributed by atoms with Gasteiger partial charge in [0.25, 0.3) is 5.91 Å². The van der Waals surface area contributed by atoms with Crippen LogP contribution in [0.3, 0.4) is 0 Å². The molecule has 29 heavy (non-hydrogen) atoms. The van der Waals surface area contributed by atoms with Crippen LogP contribution in [0.2, 0.25) is 0 Å². The summed E-state index contributed by atoms with van der Waals surface area (Å²) < 4.78 is 19.6. The molecule has 0 unspecified atom stereocenters. The lowest BCUT2D eigenvalue weighted by Gasteiger charge is -2.22. The average Bonchev–Trinajstić information content (AvgIpc) is 2.93. The number of H-pyrrole nitrogens is 2. The highest BCUT2D eigenvalue weighted by Gasteiger charge is 2.23. The number of ether oxygens (including phenoxy) is 1. The van der Waals surface area contributed by atoms with E-state index < -0.39 is 5.82 Å². The van der Waals surface area contributed by atoms with Gasteiger partial charge < -0.3 is 19.6 Å². The Morgan fingerprint density at radius 3 is 2.69 bits per heavy atom. The number of amides is 1. The minimum Gasteiger partial charge on any atom is -0.497 e. The minimum atomic E-state index is -0.456. The largest absolute Gasteiger partial charge is 0.497 e. The van der Waals surface area contributed by atoms with Gasteiger partial charge in [0, 0.05) is 32.7 Å². The molecule has 4 rings (SSSR count). The van der Waals surface area contributed by atoms with E-state index in [2.05, 4.69) is 27.0 Å². The Kier molecular flexibility index (Phi) is 5.64. The Labute approximate surface area is 173 Å². The molecule has 1 aliphatic rings. The number of imidazole rings is 1. The predicted molar refractivity (Wildman–Crippen MR) is 112 cm³/mol. The third-order valence-corrected chi connectivity index (χ3v) is 5.47. The van der Waals surface area contributed by atoms with Crippen LogP contribution >= 0.6 is 12.2 Å². The van der Waals surface area contributed by atoms with Gasteiger partial charge in [-0.3, -0.25) is 9.69 Å². The van der Waals surface area contributed by atoms with Crippen LogP contribution in [0.25, 0.3) is 11.0 Å². The minimum absolute atomic E-state index is 0.175. The lowest BCUT2D eigenvalue weighted by Crippen LogP contribution is -2.35. The molecule has 3 aromatic rings. The molecule has 2 N–H and O–H groups in total. The first-order valence-electron chi connectivity index (χ1n) is 9.59. The van der Waals surface area contributed by atoms with Crippen LogP contribution in [-0.4, -0.2) is 59.0 Å². The summed E-state index contributed by atoms with van der Waals surface area (Å²) in [5, 5.41) is 0.